The van der Waals surface area contributed by atoms with Crippen LogP contribution < -0.4 is 21.4 Å². The van der Waals surface area contributed by atoms with Gasteiger partial charge in [0.25, 0.3) is 0 Å². The van der Waals surface area contributed by atoms with Crippen LogP contribution in [-0.2, 0) is 0 Å². The van der Waals surface area contributed by atoms with Crippen molar-refractivity contribution in [2.24, 2.45) is 0 Å². The van der Waals surface area contributed by atoms with Crippen LogP contribution in [0.4, 0.5) is 0 Å². The van der Waals surface area contributed by atoms with Crippen molar-refractivity contribution in [1.82, 2.24) is 19.9 Å². The van der Waals surface area contributed by atoms with Crippen LogP contribution in [0.2, 0.25) is 78.6 Å². The van der Waals surface area contributed by atoms with Gasteiger partial charge in [-0.05, 0) is 119 Å². The fourth-order valence-corrected chi connectivity index (χ4v) is 10.6. The Bertz CT molecular complexity index is 3370. The molecule has 1 aliphatic rings. The maximum atomic E-state index is 3.95. The molecule has 0 atom stereocenters. The van der Waals surface area contributed by atoms with Crippen LogP contribution in [0, 0.1) is 45.9 Å². The smallest absolute Gasteiger partial charge is 0.129 e. The molecule has 0 radical (unpaired) electrons. The molecule has 0 spiro atoms. The van der Waals surface area contributed by atoms with Gasteiger partial charge in [0.2, 0.25) is 0 Å². The monoisotopic (exact) mass is 1000 g/mol. The van der Waals surface area contributed by atoms with Crippen LogP contribution in [0.1, 0.15) is 67.3 Å². The topological polar surface area (TPSA) is 63.2 Å². The molecule has 9 rings (SSSR count). The van der Waals surface area contributed by atoms with E-state index in [0.29, 0.717) is 0 Å². The van der Waals surface area contributed by atoms with Gasteiger partial charge in [-0.1, -0.05) is 151 Å². The molecule has 0 amide bonds. The van der Waals surface area contributed by atoms with Crippen LogP contribution in [0.25, 0.3) is 22.3 Å². The summed E-state index contributed by atoms with van der Waals surface area (Å²) in [5.74, 6) is 13.9. The number of H-pyrrole nitrogens is 4. The molecule has 0 unspecified atom stereocenters. The maximum absolute atomic E-state index is 3.95. The minimum Gasteiger partial charge on any atom is -0.354 e. The molecule has 0 saturated heterocycles. The second kappa shape index (κ2) is 19.7. The molecule has 356 valence electrons. The van der Waals surface area contributed by atoms with Crippen molar-refractivity contribution < 1.29 is 0 Å². The van der Waals surface area contributed by atoms with Crippen molar-refractivity contribution >= 4 is 54.6 Å². The highest BCUT2D eigenvalue weighted by molar-refractivity contribution is 6.85. The SMILES string of the molecule is C[Si](C)(C)C#Cc1ccc(C2=c3ccc([nH]3)=C(c3ccc(C#C[Si](C)(C)C)cc3)c3ccc([nH]3)C(c3ccc(C#C[Si](C)(C)C)cc3)=c3ccc([nH]3)=C(c3ccc(C#C[Si](C)(C)C)cc3)c3ccc2[nH]3)cc1. The molecule has 4 aromatic carbocycles. The number of hydrogen-bond donors (Lipinski definition) is 4. The van der Waals surface area contributed by atoms with Crippen LogP contribution in [-0.4, -0.2) is 52.2 Å². The first kappa shape index (κ1) is 49.6. The summed E-state index contributed by atoms with van der Waals surface area (Å²) in [5.41, 5.74) is 30.8. The Labute approximate surface area is 430 Å². The van der Waals surface area contributed by atoms with Crippen molar-refractivity contribution in [3.05, 3.63) is 234 Å². The summed E-state index contributed by atoms with van der Waals surface area (Å²) in [4.78, 5) is 15.8. The normalized spacial score (nSPS) is 12.7. The van der Waals surface area contributed by atoms with E-state index < -0.39 is 32.3 Å². The Kier molecular flexibility index (Phi) is 13.5. The molecule has 0 aliphatic carbocycles. The average Bonchev–Trinajstić information content (AvgIpc) is 4.18. The number of aromatic nitrogens is 4. The summed E-state index contributed by atoms with van der Waals surface area (Å²) in [6.07, 6.45) is 0. The molecule has 0 fully saturated rings. The molecule has 8 aromatic rings. The highest BCUT2D eigenvalue weighted by Gasteiger charge is 2.19. The first-order valence-electron chi connectivity index (χ1n) is 24.9. The summed E-state index contributed by atoms with van der Waals surface area (Å²) in [5, 5.41) is 3.97. The first-order valence-corrected chi connectivity index (χ1v) is 38.9. The predicted octanol–water partition coefficient (Wildman–Crippen LogP) is 11.2. The summed E-state index contributed by atoms with van der Waals surface area (Å²) < 4.78 is 0. The van der Waals surface area contributed by atoms with Gasteiger partial charge in [-0.2, -0.15) is 0 Å². The molecule has 72 heavy (non-hydrogen) atoms. The molecule has 4 aromatic heterocycles. The highest BCUT2D eigenvalue weighted by atomic mass is 28.3. The van der Waals surface area contributed by atoms with Gasteiger partial charge in [0, 0.05) is 88.7 Å². The number of benzene rings is 4. The lowest BCUT2D eigenvalue weighted by molar-refractivity contribution is 1.19. The molecule has 0 saturated carbocycles. The molecule has 5 heterocycles. The van der Waals surface area contributed by atoms with Crippen molar-refractivity contribution in [1.29, 1.82) is 0 Å². The van der Waals surface area contributed by atoms with E-state index in [9.17, 15) is 0 Å². The van der Waals surface area contributed by atoms with Crippen LogP contribution in [0.3, 0.4) is 0 Å². The highest BCUT2D eigenvalue weighted by Crippen LogP contribution is 2.29. The zero-order valence-electron chi connectivity index (χ0n) is 43.9. The quantitative estimate of drug-likeness (QED) is 0.100. The fraction of sp³-hybridized carbons (Fsp3) is 0.188. The third kappa shape index (κ3) is 12.0. The van der Waals surface area contributed by atoms with E-state index in [-0.39, 0.29) is 0 Å². The van der Waals surface area contributed by atoms with Gasteiger partial charge in [0.15, 0.2) is 0 Å². The lowest BCUT2D eigenvalue weighted by Gasteiger charge is -2.10. The molecule has 8 heteroatoms. The lowest BCUT2D eigenvalue weighted by Crippen LogP contribution is -2.19. The zero-order valence-corrected chi connectivity index (χ0v) is 47.9. The minimum atomic E-state index is -1.56. The zero-order chi connectivity index (χ0) is 51.0. The Morgan fingerprint density at radius 2 is 0.431 bits per heavy atom. The van der Waals surface area contributed by atoms with Gasteiger partial charge in [-0.15, -0.1) is 22.2 Å². The molecular formula is C64H64N4Si4. The maximum Gasteiger partial charge on any atom is 0.129 e. The van der Waals surface area contributed by atoms with E-state index in [2.05, 4.69) is 290 Å². The summed E-state index contributed by atoms with van der Waals surface area (Å²) in [7, 11) is -6.25. The third-order valence-corrected chi connectivity index (χ3v) is 15.4. The third-order valence-electron chi connectivity index (χ3n) is 11.9. The van der Waals surface area contributed by atoms with Crippen molar-refractivity contribution in [2.45, 2.75) is 78.6 Å². The van der Waals surface area contributed by atoms with Crippen molar-refractivity contribution in [3.63, 3.8) is 0 Å². The van der Waals surface area contributed by atoms with E-state index in [1.165, 1.54) is 0 Å². The number of hydrogen-bond acceptors (Lipinski definition) is 0. The second-order valence-corrected chi connectivity index (χ2v) is 42.0. The molecule has 4 N–H and O–H groups in total. The summed E-state index contributed by atoms with van der Waals surface area (Å²) >= 11 is 0. The van der Waals surface area contributed by atoms with Gasteiger partial charge in [0.05, 0.1) is 0 Å². The Hall–Kier alpha value is -7.41. The first-order chi connectivity index (χ1) is 34.1. The van der Waals surface area contributed by atoms with Gasteiger partial charge in [-0.3, -0.25) is 0 Å². The van der Waals surface area contributed by atoms with E-state index in [1.807, 2.05) is 0 Å². The fourth-order valence-electron chi connectivity index (χ4n) is 8.49. The predicted molar refractivity (Wildman–Crippen MR) is 315 cm³/mol. The number of nitrogens with one attached hydrogen (secondary N) is 4. The van der Waals surface area contributed by atoms with Gasteiger partial charge in [-0.25, -0.2) is 0 Å². The molecule has 8 bridgehead atoms. The molecule has 1 aliphatic heterocycles. The Morgan fingerprint density at radius 1 is 0.236 bits per heavy atom. The Morgan fingerprint density at radius 3 is 0.611 bits per heavy atom. The Balaban J connectivity index is 1.34. The number of fused-ring (bicyclic) bond motifs is 8. The van der Waals surface area contributed by atoms with E-state index in [0.717, 1.165) is 111 Å². The van der Waals surface area contributed by atoms with Crippen LogP contribution >= 0.6 is 0 Å². The van der Waals surface area contributed by atoms with Gasteiger partial charge >= 0.3 is 0 Å². The number of aromatic amines is 4. The largest absolute Gasteiger partial charge is 0.354 e. The molecule has 4 nitrogen and oxygen atoms in total. The summed E-state index contributed by atoms with van der Waals surface area (Å²) in [6.45, 7) is 27.4. The van der Waals surface area contributed by atoms with Crippen LogP contribution in [0.5, 0.6) is 0 Å². The van der Waals surface area contributed by atoms with Gasteiger partial charge < -0.3 is 19.9 Å². The van der Waals surface area contributed by atoms with Gasteiger partial charge in [0.1, 0.15) is 32.3 Å². The average molecular weight is 1000 g/mol. The van der Waals surface area contributed by atoms with Crippen molar-refractivity contribution in [2.75, 3.05) is 0 Å². The summed E-state index contributed by atoms with van der Waals surface area (Å²) in [6, 6.07) is 52.6. The van der Waals surface area contributed by atoms with E-state index in [4.69, 9.17) is 0 Å². The number of rotatable bonds is 4. The standard InChI is InChI=1S/C64H64N4Si4/c1-69(2,3)41-37-45-13-21-49(22-14-45)61-53-29-31-55(65-53)62(50-23-15-46(16-24-50)38-42-70(4,5)6)57-33-35-59(67-57)64(52-27-19-48(20-28-52)40-44-72(10,11)12)60-36-34-58(68-60)63(56-32-30-54(61)66-56)51-25-17-47(18-26-51)39-43-71(7,8)9/h13-36,65-68H,1-12H3. The lowest BCUT2D eigenvalue weighted by atomic mass is 10.0. The minimum absolute atomic E-state index is 0.993. The van der Waals surface area contributed by atoms with E-state index in [1.54, 1.807) is 0 Å². The molecular weight excluding hydrogens is 937 g/mol. The van der Waals surface area contributed by atoms with E-state index >= 15 is 0 Å². The van der Waals surface area contributed by atoms with Crippen LogP contribution in [0.15, 0.2) is 146 Å². The van der Waals surface area contributed by atoms with Crippen molar-refractivity contribution in [3.8, 4) is 45.9 Å². The second-order valence-electron chi connectivity index (χ2n) is 23.0.